The van der Waals surface area contributed by atoms with Crippen LogP contribution in [0.5, 0.6) is 0 Å². The van der Waals surface area contributed by atoms with E-state index in [-0.39, 0.29) is 11.8 Å². The number of amides is 1. The van der Waals surface area contributed by atoms with Crippen LogP contribution in [0, 0.1) is 12.8 Å². The van der Waals surface area contributed by atoms with Crippen molar-refractivity contribution in [1.29, 1.82) is 0 Å². The lowest BCUT2D eigenvalue weighted by Gasteiger charge is -2.08. The predicted molar refractivity (Wildman–Crippen MR) is 75.6 cm³/mol. The Balaban J connectivity index is 2.22. The highest BCUT2D eigenvalue weighted by Crippen LogP contribution is 2.24. The molecule has 1 atom stereocenters. The van der Waals surface area contributed by atoms with E-state index in [0.29, 0.717) is 5.75 Å². The summed E-state index contributed by atoms with van der Waals surface area (Å²) in [7, 11) is 0. The molecule has 1 amide bonds. The zero-order valence-corrected chi connectivity index (χ0v) is 11.3. The zero-order valence-electron chi connectivity index (χ0n) is 10.5. The monoisotopic (exact) mass is 260 g/mol. The Hall–Kier alpha value is -1.55. The number of carbonyl (C=O) groups excluding carboxylic acids is 1. The molecule has 2 N–H and O–H groups in total. The Morgan fingerprint density at radius 2 is 2.17 bits per heavy atom. The minimum atomic E-state index is -0.264. The topological polar surface area (TPSA) is 56.0 Å². The predicted octanol–water partition coefficient (Wildman–Crippen LogP) is 2.76. The number of nitrogens with two attached hydrogens (primary N) is 1. The SMILES string of the molecule is Cc1cc(SCC(C)C(N)=O)nc2ccccc12. The van der Waals surface area contributed by atoms with Crippen LogP contribution >= 0.6 is 11.8 Å². The molecule has 0 aliphatic rings. The van der Waals surface area contributed by atoms with Crippen LogP contribution in [0.4, 0.5) is 0 Å². The molecule has 3 nitrogen and oxygen atoms in total. The minimum Gasteiger partial charge on any atom is -0.369 e. The molecule has 1 aromatic carbocycles. The Morgan fingerprint density at radius 1 is 1.44 bits per heavy atom. The van der Waals surface area contributed by atoms with E-state index in [1.54, 1.807) is 11.8 Å². The number of aryl methyl sites for hydroxylation is 1. The van der Waals surface area contributed by atoms with Gasteiger partial charge >= 0.3 is 0 Å². The van der Waals surface area contributed by atoms with E-state index in [2.05, 4.69) is 24.0 Å². The fourth-order valence-electron chi connectivity index (χ4n) is 1.69. The molecule has 0 saturated carbocycles. The first kappa shape index (κ1) is 12.9. The molecule has 0 fully saturated rings. The third-order valence-electron chi connectivity index (χ3n) is 2.87. The Bertz CT molecular complexity index is 583. The Kier molecular flexibility index (Phi) is 3.87. The van der Waals surface area contributed by atoms with Crippen molar-refractivity contribution in [2.24, 2.45) is 11.7 Å². The molecule has 0 saturated heterocycles. The van der Waals surface area contributed by atoms with E-state index in [1.807, 2.05) is 25.1 Å². The van der Waals surface area contributed by atoms with Crippen molar-refractivity contribution in [2.75, 3.05) is 5.75 Å². The van der Waals surface area contributed by atoms with Crippen LogP contribution in [0.3, 0.4) is 0 Å². The maximum absolute atomic E-state index is 11.0. The van der Waals surface area contributed by atoms with E-state index in [4.69, 9.17) is 5.73 Å². The lowest BCUT2D eigenvalue weighted by molar-refractivity contribution is -0.120. The smallest absolute Gasteiger partial charge is 0.221 e. The maximum Gasteiger partial charge on any atom is 0.221 e. The molecule has 2 rings (SSSR count). The number of fused-ring (bicyclic) bond motifs is 1. The second kappa shape index (κ2) is 5.40. The maximum atomic E-state index is 11.0. The first-order valence-corrected chi connectivity index (χ1v) is 6.85. The van der Waals surface area contributed by atoms with Gasteiger partial charge in [-0.2, -0.15) is 0 Å². The molecule has 0 aliphatic heterocycles. The summed E-state index contributed by atoms with van der Waals surface area (Å²) >= 11 is 1.57. The molecule has 1 unspecified atom stereocenters. The van der Waals surface area contributed by atoms with Gasteiger partial charge in [0.15, 0.2) is 0 Å². The van der Waals surface area contributed by atoms with Gasteiger partial charge in [-0.25, -0.2) is 4.98 Å². The summed E-state index contributed by atoms with van der Waals surface area (Å²) in [5.74, 6) is 0.267. The van der Waals surface area contributed by atoms with E-state index in [0.717, 1.165) is 10.5 Å². The highest BCUT2D eigenvalue weighted by molar-refractivity contribution is 7.99. The van der Waals surface area contributed by atoms with Crippen LogP contribution in [-0.2, 0) is 4.79 Å². The average Bonchev–Trinajstić information content (AvgIpc) is 2.36. The summed E-state index contributed by atoms with van der Waals surface area (Å²) in [6.07, 6.45) is 0. The van der Waals surface area contributed by atoms with Gasteiger partial charge in [-0.3, -0.25) is 4.79 Å². The van der Waals surface area contributed by atoms with Crippen molar-refractivity contribution in [3.8, 4) is 0 Å². The van der Waals surface area contributed by atoms with Gasteiger partial charge in [0, 0.05) is 17.1 Å². The average molecular weight is 260 g/mol. The molecule has 0 bridgehead atoms. The van der Waals surface area contributed by atoms with Gasteiger partial charge in [0.1, 0.15) is 0 Å². The summed E-state index contributed by atoms with van der Waals surface area (Å²) < 4.78 is 0. The van der Waals surface area contributed by atoms with Gasteiger partial charge in [-0.05, 0) is 24.6 Å². The number of thioether (sulfide) groups is 1. The summed E-state index contributed by atoms with van der Waals surface area (Å²) in [6, 6.07) is 10.1. The lowest BCUT2D eigenvalue weighted by atomic mass is 10.1. The van der Waals surface area contributed by atoms with Crippen LogP contribution in [0.15, 0.2) is 35.4 Å². The van der Waals surface area contributed by atoms with Gasteiger partial charge in [-0.15, -0.1) is 11.8 Å². The Labute approximate surface area is 111 Å². The number of primary amides is 1. The van der Waals surface area contributed by atoms with Crippen LogP contribution in [0.25, 0.3) is 10.9 Å². The number of benzene rings is 1. The fraction of sp³-hybridized carbons (Fsp3) is 0.286. The second-order valence-corrected chi connectivity index (χ2v) is 5.45. The number of rotatable bonds is 4. The number of hydrogen-bond donors (Lipinski definition) is 1. The molecular formula is C14H16N2OS. The van der Waals surface area contributed by atoms with E-state index in [9.17, 15) is 4.79 Å². The first-order chi connectivity index (χ1) is 8.58. The number of nitrogens with zero attached hydrogens (tertiary/aromatic N) is 1. The summed E-state index contributed by atoms with van der Waals surface area (Å²) in [6.45, 7) is 3.91. The number of hydrogen-bond acceptors (Lipinski definition) is 3. The van der Waals surface area contributed by atoms with E-state index >= 15 is 0 Å². The van der Waals surface area contributed by atoms with Crippen molar-refractivity contribution in [3.05, 3.63) is 35.9 Å². The standard InChI is InChI=1S/C14H16N2OS/c1-9-7-13(18-8-10(2)14(15)17)16-12-6-4-3-5-11(9)12/h3-7,10H,8H2,1-2H3,(H2,15,17). The molecule has 2 aromatic rings. The molecule has 0 spiro atoms. The molecule has 0 aliphatic carbocycles. The number of carbonyl (C=O) groups is 1. The van der Waals surface area contributed by atoms with Gasteiger partial charge < -0.3 is 5.73 Å². The molecule has 1 heterocycles. The summed E-state index contributed by atoms with van der Waals surface area (Å²) in [5, 5.41) is 2.11. The van der Waals surface area contributed by atoms with E-state index < -0.39 is 0 Å². The molecule has 18 heavy (non-hydrogen) atoms. The minimum absolute atomic E-state index is 0.136. The molecule has 1 aromatic heterocycles. The van der Waals surface area contributed by atoms with Crippen LogP contribution in [0.1, 0.15) is 12.5 Å². The van der Waals surface area contributed by atoms with Crippen LogP contribution in [0.2, 0.25) is 0 Å². The van der Waals surface area contributed by atoms with Gasteiger partial charge in [0.05, 0.1) is 10.5 Å². The Morgan fingerprint density at radius 3 is 2.89 bits per heavy atom. The third kappa shape index (κ3) is 2.82. The largest absolute Gasteiger partial charge is 0.369 e. The van der Waals surface area contributed by atoms with Gasteiger partial charge in [-0.1, -0.05) is 25.1 Å². The van der Waals surface area contributed by atoms with Crippen molar-refractivity contribution < 1.29 is 4.79 Å². The third-order valence-corrected chi connectivity index (χ3v) is 4.04. The second-order valence-electron chi connectivity index (χ2n) is 4.41. The van der Waals surface area contributed by atoms with Gasteiger partial charge in [0.2, 0.25) is 5.91 Å². The van der Waals surface area contributed by atoms with Crippen molar-refractivity contribution in [3.63, 3.8) is 0 Å². The molecular weight excluding hydrogens is 244 g/mol. The van der Waals surface area contributed by atoms with Crippen molar-refractivity contribution in [2.45, 2.75) is 18.9 Å². The normalized spacial score (nSPS) is 12.6. The van der Waals surface area contributed by atoms with Crippen molar-refractivity contribution in [1.82, 2.24) is 4.98 Å². The number of aromatic nitrogens is 1. The highest BCUT2D eigenvalue weighted by Gasteiger charge is 2.10. The molecule has 94 valence electrons. The summed E-state index contributed by atoms with van der Waals surface area (Å²) in [5.41, 5.74) is 7.44. The van der Waals surface area contributed by atoms with Crippen LogP contribution < -0.4 is 5.73 Å². The highest BCUT2D eigenvalue weighted by atomic mass is 32.2. The molecule has 4 heteroatoms. The fourth-order valence-corrected chi connectivity index (χ4v) is 2.69. The summed E-state index contributed by atoms with van der Waals surface area (Å²) in [4.78, 5) is 15.6. The number of para-hydroxylation sites is 1. The quantitative estimate of drug-likeness (QED) is 0.860. The van der Waals surface area contributed by atoms with Crippen LogP contribution in [-0.4, -0.2) is 16.6 Å². The number of pyridine rings is 1. The van der Waals surface area contributed by atoms with Gasteiger partial charge in [0.25, 0.3) is 0 Å². The lowest BCUT2D eigenvalue weighted by Crippen LogP contribution is -2.22. The van der Waals surface area contributed by atoms with E-state index in [1.165, 1.54) is 10.9 Å². The zero-order chi connectivity index (χ0) is 13.1. The molecule has 0 radical (unpaired) electrons. The van der Waals surface area contributed by atoms with Crippen molar-refractivity contribution >= 4 is 28.6 Å². The first-order valence-electron chi connectivity index (χ1n) is 5.86.